The van der Waals surface area contributed by atoms with E-state index in [0.29, 0.717) is 24.6 Å². The van der Waals surface area contributed by atoms with Gasteiger partial charge in [-0.1, -0.05) is 12.1 Å². The van der Waals surface area contributed by atoms with Gasteiger partial charge in [-0.2, -0.15) is 0 Å². The fourth-order valence-corrected chi connectivity index (χ4v) is 2.79. The molecule has 1 fully saturated rings. The molecule has 1 aromatic heterocycles. The summed E-state index contributed by atoms with van der Waals surface area (Å²) in [5.74, 6) is 1.36. The third kappa shape index (κ3) is 4.82. The highest BCUT2D eigenvalue weighted by Crippen LogP contribution is 2.23. The molecule has 8 nitrogen and oxygen atoms in total. The molecule has 1 aliphatic heterocycles. The number of ether oxygens (including phenoxy) is 2. The van der Waals surface area contributed by atoms with Crippen LogP contribution in [0.3, 0.4) is 0 Å². The van der Waals surface area contributed by atoms with E-state index in [4.69, 9.17) is 9.47 Å². The number of methoxy groups -OCH3 is 1. The van der Waals surface area contributed by atoms with Crippen molar-refractivity contribution in [1.29, 1.82) is 0 Å². The maximum absolute atomic E-state index is 11.9. The van der Waals surface area contributed by atoms with E-state index < -0.39 is 6.09 Å². The van der Waals surface area contributed by atoms with E-state index in [1.54, 1.807) is 31.6 Å². The molecule has 0 unspecified atom stereocenters. The molecule has 1 aliphatic rings. The molecule has 3 rings (SSSR count). The van der Waals surface area contributed by atoms with E-state index in [1.807, 2.05) is 18.2 Å². The van der Waals surface area contributed by atoms with Gasteiger partial charge >= 0.3 is 6.09 Å². The van der Waals surface area contributed by atoms with Gasteiger partial charge < -0.3 is 14.4 Å². The Hall–Kier alpha value is -2.87. The van der Waals surface area contributed by atoms with Gasteiger partial charge in [0.1, 0.15) is 12.4 Å². The largest absolute Gasteiger partial charge is 0.495 e. The Balaban J connectivity index is 1.37. The highest BCUT2D eigenvalue weighted by molar-refractivity contribution is 5.86. The van der Waals surface area contributed by atoms with Crippen LogP contribution >= 0.6 is 0 Å². The first kappa shape index (κ1) is 17.9. The van der Waals surface area contributed by atoms with Crippen LogP contribution in [-0.4, -0.2) is 67.4 Å². The molecule has 2 heterocycles. The summed E-state index contributed by atoms with van der Waals surface area (Å²) in [4.78, 5) is 24.9. The third-order valence-electron chi connectivity index (χ3n) is 4.19. The Morgan fingerprint density at radius 2 is 1.85 bits per heavy atom. The number of aromatic nitrogens is 2. The number of rotatable bonds is 6. The van der Waals surface area contributed by atoms with Gasteiger partial charge in [0.05, 0.1) is 12.8 Å². The lowest BCUT2D eigenvalue weighted by molar-refractivity contribution is 0.137. The summed E-state index contributed by atoms with van der Waals surface area (Å²) in [7, 11) is 1.56. The summed E-state index contributed by atoms with van der Waals surface area (Å²) in [5.41, 5.74) is 0.594. The number of hydrogen-bond acceptors (Lipinski definition) is 7. The lowest BCUT2D eigenvalue weighted by atomic mass is 10.3. The van der Waals surface area contributed by atoms with E-state index in [1.165, 1.54) is 0 Å². The van der Waals surface area contributed by atoms with Crippen molar-refractivity contribution in [2.45, 2.75) is 0 Å². The fraction of sp³-hybridized carbons (Fsp3) is 0.389. The van der Waals surface area contributed by atoms with Crippen LogP contribution in [0, 0.1) is 0 Å². The van der Waals surface area contributed by atoms with Crippen molar-refractivity contribution in [2.24, 2.45) is 0 Å². The molecule has 1 amide bonds. The molecule has 0 atom stereocenters. The monoisotopic (exact) mass is 357 g/mol. The predicted molar refractivity (Wildman–Crippen MR) is 98.6 cm³/mol. The molecule has 0 radical (unpaired) electrons. The summed E-state index contributed by atoms with van der Waals surface area (Å²) in [5, 5.41) is 2.70. The molecule has 1 saturated heterocycles. The first-order valence-electron chi connectivity index (χ1n) is 8.57. The van der Waals surface area contributed by atoms with Gasteiger partial charge in [0.15, 0.2) is 0 Å². The number of nitrogens with zero attached hydrogens (tertiary/aromatic N) is 4. The van der Waals surface area contributed by atoms with Crippen molar-refractivity contribution in [2.75, 3.05) is 56.7 Å². The number of benzene rings is 1. The number of para-hydroxylation sites is 2. The average molecular weight is 357 g/mol. The zero-order chi connectivity index (χ0) is 18.2. The van der Waals surface area contributed by atoms with Crippen molar-refractivity contribution in [3.8, 4) is 5.75 Å². The lowest BCUT2D eigenvalue weighted by Crippen LogP contribution is -2.48. The quantitative estimate of drug-likeness (QED) is 0.845. The van der Waals surface area contributed by atoms with E-state index in [2.05, 4.69) is 25.1 Å². The molecule has 0 saturated carbocycles. The summed E-state index contributed by atoms with van der Waals surface area (Å²) in [6, 6.07) is 9.03. The molecule has 26 heavy (non-hydrogen) atoms. The highest BCUT2D eigenvalue weighted by Gasteiger charge is 2.18. The van der Waals surface area contributed by atoms with Gasteiger partial charge in [-0.15, -0.1) is 0 Å². The predicted octanol–water partition coefficient (Wildman–Crippen LogP) is 1.86. The lowest BCUT2D eigenvalue weighted by Gasteiger charge is -2.34. The van der Waals surface area contributed by atoms with Gasteiger partial charge in [-0.3, -0.25) is 10.2 Å². The van der Waals surface area contributed by atoms with Gasteiger partial charge in [0, 0.05) is 45.1 Å². The van der Waals surface area contributed by atoms with E-state index in [9.17, 15) is 4.79 Å². The van der Waals surface area contributed by atoms with E-state index >= 15 is 0 Å². The number of hydrogen-bond donors (Lipinski definition) is 1. The van der Waals surface area contributed by atoms with Crippen LogP contribution < -0.4 is 15.0 Å². The van der Waals surface area contributed by atoms with Crippen LogP contribution in [0.2, 0.25) is 0 Å². The number of nitrogens with one attached hydrogen (secondary N) is 1. The average Bonchev–Trinajstić information content (AvgIpc) is 2.69. The van der Waals surface area contributed by atoms with Crippen molar-refractivity contribution in [1.82, 2.24) is 14.9 Å². The van der Waals surface area contributed by atoms with E-state index in [-0.39, 0.29) is 0 Å². The first-order chi connectivity index (χ1) is 12.8. The maximum Gasteiger partial charge on any atom is 0.411 e. The van der Waals surface area contributed by atoms with Gasteiger partial charge in [0.2, 0.25) is 5.95 Å². The van der Waals surface area contributed by atoms with Gasteiger partial charge in [0.25, 0.3) is 0 Å². The van der Waals surface area contributed by atoms with Crippen LogP contribution in [0.1, 0.15) is 0 Å². The molecule has 138 valence electrons. The topological polar surface area (TPSA) is 79.8 Å². The van der Waals surface area contributed by atoms with Gasteiger partial charge in [-0.05, 0) is 18.2 Å². The van der Waals surface area contributed by atoms with E-state index in [0.717, 1.165) is 32.1 Å². The maximum atomic E-state index is 11.9. The van der Waals surface area contributed by atoms with Crippen molar-refractivity contribution >= 4 is 17.7 Å². The number of piperazine rings is 1. The normalized spacial score (nSPS) is 14.7. The highest BCUT2D eigenvalue weighted by atomic mass is 16.5. The molecular formula is C18H23N5O3. The second kappa shape index (κ2) is 9.00. The van der Waals surface area contributed by atoms with Crippen molar-refractivity contribution in [3.63, 3.8) is 0 Å². The Morgan fingerprint density at radius 3 is 2.58 bits per heavy atom. The van der Waals surface area contributed by atoms with Crippen molar-refractivity contribution in [3.05, 3.63) is 42.7 Å². The van der Waals surface area contributed by atoms with Crippen LogP contribution in [0.25, 0.3) is 0 Å². The standard InChI is InChI=1S/C18H23N5O3/c1-25-16-6-3-2-5-15(16)21-18(24)26-14-13-22-9-11-23(12-10-22)17-19-7-4-8-20-17/h2-8H,9-14H2,1H3,(H,21,24). The minimum atomic E-state index is -0.481. The molecule has 1 aromatic carbocycles. The molecule has 8 heteroatoms. The summed E-state index contributed by atoms with van der Waals surface area (Å²) in [6.45, 7) is 4.52. The third-order valence-corrected chi connectivity index (χ3v) is 4.19. The molecule has 0 bridgehead atoms. The smallest absolute Gasteiger partial charge is 0.411 e. The Bertz CT molecular complexity index is 705. The zero-order valence-corrected chi connectivity index (χ0v) is 14.8. The summed E-state index contributed by atoms with van der Waals surface area (Å²) in [6.07, 6.45) is 3.03. The minimum Gasteiger partial charge on any atom is -0.495 e. The Kier molecular flexibility index (Phi) is 6.21. The number of carbonyl (C=O) groups is 1. The van der Waals surface area contributed by atoms with Crippen LogP contribution in [0.5, 0.6) is 5.75 Å². The molecular weight excluding hydrogens is 334 g/mol. The minimum absolute atomic E-state index is 0.336. The Labute approximate surface area is 152 Å². The molecule has 0 spiro atoms. The van der Waals surface area contributed by atoms with Crippen LogP contribution in [0.15, 0.2) is 42.7 Å². The Morgan fingerprint density at radius 1 is 1.12 bits per heavy atom. The van der Waals surface area contributed by atoms with Crippen molar-refractivity contribution < 1.29 is 14.3 Å². The SMILES string of the molecule is COc1ccccc1NC(=O)OCCN1CCN(c2ncccn2)CC1. The molecule has 0 aliphatic carbocycles. The second-order valence-electron chi connectivity index (χ2n) is 5.84. The zero-order valence-electron chi connectivity index (χ0n) is 14.8. The van der Waals surface area contributed by atoms with Gasteiger partial charge in [-0.25, -0.2) is 14.8 Å². The van der Waals surface area contributed by atoms with Crippen LogP contribution in [-0.2, 0) is 4.74 Å². The summed E-state index contributed by atoms with van der Waals surface area (Å²) >= 11 is 0. The first-order valence-corrected chi connectivity index (χ1v) is 8.57. The van der Waals surface area contributed by atoms with Crippen LogP contribution in [0.4, 0.5) is 16.4 Å². The number of amides is 1. The number of anilines is 2. The second-order valence-corrected chi connectivity index (χ2v) is 5.84. The molecule has 2 aromatic rings. The number of carbonyl (C=O) groups excluding carboxylic acids is 1. The summed E-state index contributed by atoms with van der Waals surface area (Å²) < 4.78 is 10.5. The fourth-order valence-electron chi connectivity index (χ4n) is 2.79. The molecule has 1 N–H and O–H groups in total.